The predicted molar refractivity (Wildman–Crippen MR) is 35.6 cm³/mol. The maximum Gasteiger partial charge on any atom is 0.389 e. The van der Waals surface area contributed by atoms with E-state index in [0.717, 1.165) is 0 Å². The van der Waals surface area contributed by atoms with E-state index in [-0.39, 0.29) is 6.42 Å². The van der Waals surface area contributed by atoms with Crippen molar-refractivity contribution in [3.63, 3.8) is 0 Å². The summed E-state index contributed by atoms with van der Waals surface area (Å²) in [5, 5.41) is 2.78. The van der Waals surface area contributed by atoms with Crippen molar-refractivity contribution >= 4 is 5.84 Å². The summed E-state index contributed by atoms with van der Waals surface area (Å²) in [5.41, 5.74) is 0. The Bertz CT molecular complexity index is 162. The first-order chi connectivity index (χ1) is 5.08. The van der Waals surface area contributed by atoms with E-state index < -0.39 is 12.6 Å². The van der Waals surface area contributed by atoms with Gasteiger partial charge in [0.1, 0.15) is 0 Å². The van der Waals surface area contributed by atoms with Crippen molar-refractivity contribution in [1.82, 2.24) is 5.32 Å². The van der Waals surface area contributed by atoms with Gasteiger partial charge in [-0.15, -0.1) is 0 Å². The van der Waals surface area contributed by atoms with Gasteiger partial charge in [0.2, 0.25) is 0 Å². The Morgan fingerprint density at radius 2 is 2.18 bits per heavy atom. The lowest BCUT2D eigenvalue weighted by atomic mass is 10.3. The van der Waals surface area contributed by atoms with E-state index in [9.17, 15) is 13.2 Å². The Balaban J connectivity index is 2.22. The van der Waals surface area contributed by atoms with Crippen LogP contribution < -0.4 is 5.32 Å². The van der Waals surface area contributed by atoms with Crippen molar-refractivity contribution in [2.75, 3.05) is 13.1 Å². The number of nitrogens with one attached hydrogen (secondary N) is 1. The Kier molecular flexibility index (Phi) is 2.36. The Morgan fingerprint density at radius 3 is 2.64 bits per heavy atom. The molecule has 5 heteroatoms. The average molecular weight is 166 g/mol. The fourth-order valence-electron chi connectivity index (χ4n) is 0.875. The van der Waals surface area contributed by atoms with Gasteiger partial charge in [-0.05, 0) is 0 Å². The highest BCUT2D eigenvalue weighted by Crippen LogP contribution is 2.21. The predicted octanol–water partition coefficient (Wildman–Crippen LogP) is 1.33. The lowest BCUT2D eigenvalue weighted by Crippen LogP contribution is -2.20. The number of nitrogens with zero attached hydrogens (tertiary/aromatic N) is 1. The lowest BCUT2D eigenvalue weighted by Gasteiger charge is -2.05. The molecule has 1 aliphatic heterocycles. The van der Waals surface area contributed by atoms with Gasteiger partial charge in [0.05, 0.1) is 18.8 Å². The average Bonchev–Trinajstić information content (AvgIpc) is 2.32. The minimum Gasteiger partial charge on any atom is -0.372 e. The number of alkyl halides is 3. The van der Waals surface area contributed by atoms with Gasteiger partial charge >= 0.3 is 6.18 Å². The molecule has 0 spiro atoms. The molecule has 0 amide bonds. The van der Waals surface area contributed by atoms with Crippen LogP contribution in [-0.2, 0) is 0 Å². The highest BCUT2D eigenvalue weighted by Gasteiger charge is 2.27. The highest BCUT2D eigenvalue weighted by molar-refractivity contribution is 5.83. The second kappa shape index (κ2) is 3.11. The molecular weight excluding hydrogens is 157 g/mol. The second-order valence-corrected chi connectivity index (χ2v) is 2.37. The molecule has 1 N–H and O–H groups in total. The van der Waals surface area contributed by atoms with Crippen LogP contribution in [0.15, 0.2) is 4.99 Å². The largest absolute Gasteiger partial charge is 0.389 e. The Labute approximate surface area is 62.5 Å². The van der Waals surface area contributed by atoms with Gasteiger partial charge in [0.25, 0.3) is 0 Å². The molecule has 64 valence electrons. The Morgan fingerprint density at radius 1 is 1.45 bits per heavy atom. The van der Waals surface area contributed by atoms with E-state index in [2.05, 4.69) is 10.3 Å². The van der Waals surface area contributed by atoms with Crippen LogP contribution in [0.5, 0.6) is 0 Å². The smallest absolute Gasteiger partial charge is 0.372 e. The minimum absolute atomic E-state index is 0.0104. The third-order valence-corrected chi connectivity index (χ3v) is 1.39. The second-order valence-electron chi connectivity index (χ2n) is 2.37. The van der Waals surface area contributed by atoms with Crippen LogP contribution >= 0.6 is 0 Å². The topological polar surface area (TPSA) is 24.4 Å². The van der Waals surface area contributed by atoms with E-state index in [1.165, 1.54) is 0 Å². The van der Waals surface area contributed by atoms with Crippen molar-refractivity contribution in [3.05, 3.63) is 0 Å². The molecule has 0 unspecified atom stereocenters. The molecule has 0 saturated carbocycles. The molecule has 1 aliphatic rings. The zero-order chi connectivity index (χ0) is 8.32. The van der Waals surface area contributed by atoms with Crippen molar-refractivity contribution < 1.29 is 13.2 Å². The van der Waals surface area contributed by atoms with Crippen molar-refractivity contribution in [2.45, 2.75) is 19.0 Å². The number of amidine groups is 1. The summed E-state index contributed by atoms with van der Waals surface area (Å²) in [6.07, 6.45) is -4.85. The van der Waals surface area contributed by atoms with Crippen LogP contribution in [0, 0.1) is 0 Å². The van der Waals surface area contributed by atoms with Crippen LogP contribution in [-0.4, -0.2) is 25.1 Å². The number of hydrogen-bond donors (Lipinski definition) is 1. The Hall–Kier alpha value is -0.740. The highest BCUT2D eigenvalue weighted by atomic mass is 19.4. The fraction of sp³-hybridized carbons (Fsp3) is 0.833. The third-order valence-electron chi connectivity index (χ3n) is 1.39. The minimum atomic E-state index is -4.06. The fourth-order valence-corrected chi connectivity index (χ4v) is 0.875. The molecule has 0 atom stereocenters. The zero-order valence-electron chi connectivity index (χ0n) is 5.91. The molecule has 0 fully saturated rings. The van der Waals surface area contributed by atoms with Crippen molar-refractivity contribution in [2.24, 2.45) is 4.99 Å². The number of hydrogen-bond acceptors (Lipinski definition) is 2. The molecule has 0 aliphatic carbocycles. The van der Waals surface area contributed by atoms with Crippen molar-refractivity contribution in [1.29, 1.82) is 0 Å². The van der Waals surface area contributed by atoms with E-state index in [0.29, 0.717) is 18.9 Å². The van der Waals surface area contributed by atoms with Crippen molar-refractivity contribution in [3.8, 4) is 0 Å². The van der Waals surface area contributed by atoms with E-state index in [1.807, 2.05) is 0 Å². The number of rotatable bonds is 2. The first-order valence-electron chi connectivity index (χ1n) is 3.42. The van der Waals surface area contributed by atoms with E-state index in [1.54, 1.807) is 0 Å². The molecular formula is C6H9F3N2. The maximum atomic E-state index is 11.6. The van der Waals surface area contributed by atoms with E-state index >= 15 is 0 Å². The summed E-state index contributed by atoms with van der Waals surface area (Å²) >= 11 is 0. The van der Waals surface area contributed by atoms with Crippen LogP contribution in [0.3, 0.4) is 0 Å². The summed E-state index contributed by atoms with van der Waals surface area (Å²) in [5.74, 6) is 0.488. The molecule has 0 bridgehead atoms. The molecule has 1 heterocycles. The molecule has 11 heavy (non-hydrogen) atoms. The van der Waals surface area contributed by atoms with Crippen LogP contribution in [0.25, 0.3) is 0 Å². The van der Waals surface area contributed by atoms with Gasteiger partial charge < -0.3 is 5.32 Å². The van der Waals surface area contributed by atoms with Crippen LogP contribution in [0.1, 0.15) is 12.8 Å². The van der Waals surface area contributed by atoms with E-state index in [4.69, 9.17) is 0 Å². The lowest BCUT2D eigenvalue weighted by molar-refractivity contribution is -0.132. The standard InChI is InChI=1S/C6H9F3N2/c7-6(8,9)2-1-5-10-3-4-11-5/h1-4H2,(H,10,11). The SMILES string of the molecule is FC(F)(F)CCC1=NCCN1. The molecule has 1 rings (SSSR count). The van der Waals surface area contributed by atoms with Gasteiger partial charge in [-0.1, -0.05) is 0 Å². The zero-order valence-corrected chi connectivity index (χ0v) is 5.91. The van der Waals surface area contributed by atoms with Crippen LogP contribution in [0.2, 0.25) is 0 Å². The first-order valence-corrected chi connectivity index (χ1v) is 3.42. The molecule has 2 nitrogen and oxygen atoms in total. The molecule has 0 aromatic rings. The summed E-state index contributed by atoms with van der Waals surface area (Å²) < 4.78 is 34.9. The molecule has 0 aromatic heterocycles. The maximum absolute atomic E-state index is 11.6. The molecule has 0 radical (unpaired) electrons. The van der Waals surface area contributed by atoms with Gasteiger partial charge in [-0.2, -0.15) is 13.2 Å². The summed E-state index contributed by atoms with van der Waals surface area (Å²) in [6.45, 7) is 1.28. The quantitative estimate of drug-likeness (QED) is 0.657. The van der Waals surface area contributed by atoms with Gasteiger partial charge in [0, 0.05) is 13.0 Å². The van der Waals surface area contributed by atoms with Gasteiger partial charge in [0.15, 0.2) is 0 Å². The first kappa shape index (κ1) is 8.36. The van der Waals surface area contributed by atoms with Crippen LogP contribution in [0.4, 0.5) is 13.2 Å². The summed E-state index contributed by atoms with van der Waals surface area (Å²) in [6, 6.07) is 0. The molecule has 0 aromatic carbocycles. The number of halogens is 3. The normalized spacial score (nSPS) is 17.9. The monoisotopic (exact) mass is 166 g/mol. The third kappa shape index (κ3) is 3.25. The summed E-state index contributed by atoms with van der Waals surface area (Å²) in [4.78, 5) is 3.84. The number of aliphatic imine (C=N–C) groups is 1. The van der Waals surface area contributed by atoms with Gasteiger partial charge in [-0.25, -0.2) is 0 Å². The van der Waals surface area contributed by atoms with Gasteiger partial charge in [-0.3, -0.25) is 4.99 Å². The molecule has 0 saturated heterocycles. The summed E-state index contributed by atoms with van der Waals surface area (Å²) in [7, 11) is 0.